The molecule has 1 aliphatic rings. The number of nitrogens with zero attached hydrogens (tertiary/aromatic N) is 2. The lowest BCUT2D eigenvalue weighted by Crippen LogP contribution is -2.21. The summed E-state index contributed by atoms with van der Waals surface area (Å²) < 4.78 is 6.12. The molecule has 1 aliphatic heterocycles. The summed E-state index contributed by atoms with van der Waals surface area (Å²) in [4.78, 5) is 13.0. The summed E-state index contributed by atoms with van der Waals surface area (Å²) in [6, 6.07) is 23.6. The topological polar surface area (TPSA) is 41.9 Å². The number of ether oxygens (including phenoxy) is 1. The van der Waals surface area contributed by atoms with Crippen molar-refractivity contribution in [2.45, 2.75) is 27.4 Å². The van der Waals surface area contributed by atoms with Crippen molar-refractivity contribution >= 4 is 23.4 Å². The van der Waals surface area contributed by atoms with Crippen LogP contribution in [0.2, 0.25) is 0 Å². The molecule has 0 aromatic heterocycles. The number of carbonyl (C=O) groups is 1. The molecule has 1 amide bonds. The number of hydrazone groups is 1. The zero-order valence-electron chi connectivity index (χ0n) is 17.4. The molecule has 0 atom stereocenters. The molecule has 0 bridgehead atoms. The van der Waals surface area contributed by atoms with Crippen LogP contribution in [-0.2, 0) is 11.4 Å². The Morgan fingerprint density at radius 1 is 0.900 bits per heavy atom. The maximum atomic E-state index is 13.0. The summed E-state index contributed by atoms with van der Waals surface area (Å²) in [5.74, 6) is 0.603. The Hall–Kier alpha value is -3.66. The van der Waals surface area contributed by atoms with Crippen molar-refractivity contribution in [2.24, 2.45) is 5.10 Å². The number of benzene rings is 3. The highest BCUT2D eigenvalue weighted by molar-refractivity contribution is 6.32. The molecule has 30 heavy (non-hydrogen) atoms. The number of hydrogen-bond acceptors (Lipinski definition) is 3. The molecular formula is C26H24N2O2. The molecule has 1 heterocycles. The van der Waals surface area contributed by atoms with Crippen LogP contribution < -0.4 is 9.75 Å². The van der Waals surface area contributed by atoms with Crippen LogP contribution >= 0.6 is 0 Å². The largest absolute Gasteiger partial charge is 0.488 e. The molecule has 0 unspecified atom stereocenters. The van der Waals surface area contributed by atoms with Gasteiger partial charge in [-0.05, 0) is 50.6 Å². The van der Waals surface area contributed by atoms with Gasteiger partial charge in [-0.2, -0.15) is 10.1 Å². The van der Waals surface area contributed by atoms with E-state index < -0.39 is 0 Å². The minimum Gasteiger partial charge on any atom is -0.488 e. The minimum absolute atomic E-state index is 0.136. The lowest BCUT2D eigenvalue weighted by molar-refractivity contribution is -0.114. The molecule has 0 radical (unpaired) electrons. The van der Waals surface area contributed by atoms with Crippen LogP contribution in [0.3, 0.4) is 0 Å². The van der Waals surface area contributed by atoms with Crippen LogP contribution in [0.25, 0.3) is 6.08 Å². The van der Waals surface area contributed by atoms with Crippen LogP contribution in [0.1, 0.15) is 29.2 Å². The van der Waals surface area contributed by atoms with Gasteiger partial charge in [-0.25, -0.2) is 0 Å². The summed E-state index contributed by atoms with van der Waals surface area (Å²) in [5.41, 5.74) is 6.43. The van der Waals surface area contributed by atoms with Gasteiger partial charge < -0.3 is 4.74 Å². The molecule has 0 aliphatic carbocycles. The van der Waals surface area contributed by atoms with Crippen molar-refractivity contribution in [1.29, 1.82) is 0 Å². The fourth-order valence-electron chi connectivity index (χ4n) is 3.63. The SMILES string of the molecule is CC1=NN(c2ccccc2)C(=O)/C1=C/c1ccccc1OCc1cc(C)cc(C)c1. The van der Waals surface area contributed by atoms with Crippen LogP contribution in [0.5, 0.6) is 5.75 Å². The van der Waals surface area contributed by atoms with Crippen molar-refractivity contribution in [1.82, 2.24) is 0 Å². The van der Waals surface area contributed by atoms with Gasteiger partial charge in [0.25, 0.3) is 5.91 Å². The molecule has 3 aromatic rings. The molecule has 150 valence electrons. The van der Waals surface area contributed by atoms with E-state index >= 15 is 0 Å². The molecule has 0 saturated heterocycles. The van der Waals surface area contributed by atoms with Gasteiger partial charge in [-0.15, -0.1) is 0 Å². The van der Waals surface area contributed by atoms with Crippen LogP contribution in [0.4, 0.5) is 5.69 Å². The average Bonchev–Trinajstić information content (AvgIpc) is 3.01. The maximum absolute atomic E-state index is 13.0. The fourth-order valence-corrected chi connectivity index (χ4v) is 3.63. The van der Waals surface area contributed by atoms with Gasteiger partial charge in [0.05, 0.1) is 17.0 Å². The van der Waals surface area contributed by atoms with E-state index in [0.717, 1.165) is 22.6 Å². The third-order valence-corrected chi connectivity index (χ3v) is 4.96. The highest BCUT2D eigenvalue weighted by Gasteiger charge is 2.28. The van der Waals surface area contributed by atoms with Gasteiger partial charge in [0.2, 0.25) is 0 Å². The van der Waals surface area contributed by atoms with Crippen LogP contribution in [0.15, 0.2) is 83.5 Å². The summed E-state index contributed by atoms with van der Waals surface area (Å²) in [6.45, 7) is 6.49. The summed E-state index contributed by atoms with van der Waals surface area (Å²) in [5, 5.41) is 5.90. The number of hydrogen-bond donors (Lipinski definition) is 0. The molecule has 0 spiro atoms. The lowest BCUT2D eigenvalue weighted by Gasteiger charge is -2.12. The van der Waals surface area contributed by atoms with Gasteiger partial charge in [-0.1, -0.05) is 65.7 Å². The number of para-hydroxylation sites is 2. The van der Waals surface area contributed by atoms with E-state index in [1.54, 1.807) is 0 Å². The average molecular weight is 396 g/mol. The molecule has 3 aromatic carbocycles. The standard InChI is InChI=1S/C26H24N2O2/c1-18-13-19(2)15-21(14-18)17-30-25-12-8-7-9-22(25)16-24-20(3)27-28(26(24)29)23-10-5-4-6-11-23/h4-16H,17H2,1-3H3/b24-16+. The van der Waals surface area contributed by atoms with Crippen LogP contribution in [-0.4, -0.2) is 11.6 Å². The van der Waals surface area contributed by atoms with Crippen molar-refractivity contribution < 1.29 is 9.53 Å². The zero-order valence-corrected chi connectivity index (χ0v) is 17.4. The third kappa shape index (κ3) is 4.18. The summed E-state index contributed by atoms with van der Waals surface area (Å²) >= 11 is 0. The Morgan fingerprint density at radius 3 is 2.30 bits per heavy atom. The summed E-state index contributed by atoms with van der Waals surface area (Å²) in [7, 11) is 0. The fraction of sp³-hybridized carbons (Fsp3) is 0.154. The van der Waals surface area contributed by atoms with E-state index in [1.165, 1.54) is 16.1 Å². The molecule has 0 N–H and O–H groups in total. The first-order chi connectivity index (χ1) is 14.5. The van der Waals surface area contributed by atoms with Crippen molar-refractivity contribution in [3.63, 3.8) is 0 Å². The van der Waals surface area contributed by atoms with Crippen LogP contribution in [0, 0.1) is 13.8 Å². The van der Waals surface area contributed by atoms with E-state index in [1.807, 2.05) is 67.6 Å². The van der Waals surface area contributed by atoms with E-state index in [9.17, 15) is 4.79 Å². The highest BCUT2D eigenvalue weighted by atomic mass is 16.5. The Kier molecular flexibility index (Phi) is 5.48. The van der Waals surface area contributed by atoms with Gasteiger partial charge in [0, 0.05) is 5.56 Å². The van der Waals surface area contributed by atoms with Crippen molar-refractivity contribution in [3.8, 4) is 5.75 Å². The Bertz CT molecular complexity index is 1130. The van der Waals surface area contributed by atoms with Gasteiger partial charge >= 0.3 is 0 Å². The predicted octanol–water partition coefficient (Wildman–Crippen LogP) is 5.69. The second-order valence-electron chi connectivity index (χ2n) is 7.52. The van der Waals surface area contributed by atoms with Crippen molar-refractivity contribution in [3.05, 3.63) is 101 Å². The zero-order chi connectivity index (χ0) is 21.1. The molecule has 4 heteroatoms. The van der Waals surface area contributed by atoms with E-state index in [4.69, 9.17) is 4.74 Å². The smallest absolute Gasteiger partial charge is 0.280 e. The van der Waals surface area contributed by atoms with E-state index in [-0.39, 0.29) is 5.91 Å². The molecule has 4 nitrogen and oxygen atoms in total. The van der Waals surface area contributed by atoms with Gasteiger partial charge in [0.1, 0.15) is 12.4 Å². The van der Waals surface area contributed by atoms with Gasteiger partial charge in [0.15, 0.2) is 0 Å². The minimum atomic E-state index is -0.136. The normalized spacial score (nSPS) is 14.9. The third-order valence-electron chi connectivity index (χ3n) is 4.96. The number of carbonyl (C=O) groups excluding carboxylic acids is 1. The first-order valence-corrected chi connectivity index (χ1v) is 9.97. The molecule has 0 fully saturated rings. The highest BCUT2D eigenvalue weighted by Crippen LogP contribution is 2.28. The predicted molar refractivity (Wildman–Crippen MR) is 122 cm³/mol. The number of rotatable bonds is 5. The first kappa shape index (κ1) is 19.6. The van der Waals surface area contributed by atoms with Crippen molar-refractivity contribution in [2.75, 3.05) is 5.01 Å². The second-order valence-corrected chi connectivity index (χ2v) is 7.52. The second kappa shape index (κ2) is 8.37. The number of amides is 1. The number of anilines is 1. The molecular weight excluding hydrogens is 372 g/mol. The monoisotopic (exact) mass is 396 g/mol. The lowest BCUT2D eigenvalue weighted by atomic mass is 10.1. The van der Waals surface area contributed by atoms with E-state index in [2.05, 4.69) is 37.1 Å². The number of aryl methyl sites for hydroxylation is 2. The Balaban J connectivity index is 1.59. The molecule has 0 saturated carbocycles. The Labute approximate surface area is 177 Å². The first-order valence-electron chi connectivity index (χ1n) is 9.97. The van der Waals surface area contributed by atoms with Gasteiger partial charge in [-0.3, -0.25) is 4.79 Å². The summed E-state index contributed by atoms with van der Waals surface area (Å²) in [6.07, 6.45) is 1.86. The maximum Gasteiger partial charge on any atom is 0.280 e. The Morgan fingerprint density at radius 2 is 1.57 bits per heavy atom. The quantitative estimate of drug-likeness (QED) is 0.520. The van der Waals surface area contributed by atoms with E-state index in [0.29, 0.717) is 17.9 Å². The molecule has 4 rings (SSSR count).